The molecule has 1 aliphatic rings. The summed E-state index contributed by atoms with van der Waals surface area (Å²) in [6.07, 6.45) is 1.45. The van der Waals surface area contributed by atoms with Gasteiger partial charge in [0.2, 0.25) is 5.76 Å². The Kier molecular flexibility index (Phi) is 7.78. The van der Waals surface area contributed by atoms with Crippen LogP contribution in [0.1, 0.15) is 34.4 Å². The van der Waals surface area contributed by atoms with Gasteiger partial charge in [-0.05, 0) is 60.5 Å². The number of ether oxygens (including phenoxy) is 3. The molecule has 4 rings (SSSR count). The smallest absolute Gasteiger partial charge is 0.373 e. The SMILES string of the molecule is CCOc1cc(/C=C2\NC(=O)N(Cc3ccc(C(=O)OC)o3)C2=O)cc(Cl)c1OCc1cccc(F)c1. The second kappa shape index (κ2) is 11.2. The lowest BCUT2D eigenvalue weighted by Crippen LogP contribution is -2.30. The van der Waals surface area contributed by atoms with Crippen LogP contribution in [0.2, 0.25) is 5.02 Å². The topological polar surface area (TPSA) is 107 Å². The van der Waals surface area contributed by atoms with Gasteiger partial charge in [-0.1, -0.05) is 23.7 Å². The number of nitrogens with zero attached hydrogens (tertiary/aromatic N) is 1. The van der Waals surface area contributed by atoms with Crippen molar-refractivity contribution in [2.24, 2.45) is 0 Å². The Morgan fingerprint density at radius 2 is 1.97 bits per heavy atom. The van der Waals surface area contributed by atoms with E-state index in [1.54, 1.807) is 31.2 Å². The van der Waals surface area contributed by atoms with E-state index in [1.165, 1.54) is 37.5 Å². The van der Waals surface area contributed by atoms with Gasteiger partial charge in [-0.2, -0.15) is 0 Å². The molecule has 0 saturated carbocycles. The van der Waals surface area contributed by atoms with E-state index in [2.05, 4.69) is 10.1 Å². The molecule has 2 heterocycles. The molecule has 3 amide bonds. The Morgan fingerprint density at radius 3 is 2.70 bits per heavy atom. The van der Waals surface area contributed by atoms with Crippen molar-refractivity contribution >= 4 is 35.6 Å². The molecule has 1 aromatic heterocycles. The van der Waals surface area contributed by atoms with Gasteiger partial charge < -0.3 is 23.9 Å². The van der Waals surface area contributed by atoms with Crippen molar-refractivity contribution in [3.8, 4) is 11.5 Å². The molecule has 0 aliphatic carbocycles. The monoisotopic (exact) mass is 528 g/mol. The van der Waals surface area contributed by atoms with Gasteiger partial charge in [-0.3, -0.25) is 9.69 Å². The zero-order valence-corrected chi connectivity index (χ0v) is 20.6. The van der Waals surface area contributed by atoms with Crippen molar-refractivity contribution in [3.05, 3.63) is 87.7 Å². The van der Waals surface area contributed by atoms with Crippen LogP contribution in [0, 0.1) is 5.82 Å². The normalized spacial score (nSPS) is 14.2. The Bertz CT molecular complexity index is 1380. The van der Waals surface area contributed by atoms with Gasteiger partial charge in [0.25, 0.3) is 5.91 Å². The highest BCUT2D eigenvalue weighted by Gasteiger charge is 2.34. The minimum absolute atomic E-state index is 0.0108. The lowest BCUT2D eigenvalue weighted by molar-refractivity contribution is -0.123. The fraction of sp³-hybridized carbons (Fsp3) is 0.192. The number of carbonyl (C=O) groups is 3. The van der Waals surface area contributed by atoms with E-state index in [1.807, 2.05) is 0 Å². The number of hydrogen-bond donors (Lipinski definition) is 1. The summed E-state index contributed by atoms with van der Waals surface area (Å²) in [6, 6.07) is 11.4. The highest BCUT2D eigenvalue weighted by atomic mass is 35.5. The number of halogens is 2. The zero-order chi connectivity index (χ0) is 26.5. The van der Waals surface area contributed by atoms with Crippen molar-refractivity contribution in [1.82, 2.24) is 10.2 Å². The predicted molar refractivity (Wildman–Crippen MR) is 130 cm³/mol. The number of carbonyl (C=O) groups excluding carboxylic acids is 3. The summed E-state index contributed by atoms with van der Waals surface area (Å²) >= 11 is 6.45. The summed E-state index contributed by atoms with van der Waals surface area (Å²) in [5.41, 5.74) is 1.10. The Labute approximate surface area is 216 Å². The first kappa shape index (κ1) is 25.8. The van der Waals surface area contributed by atoms with E-state index >= 15 is 0 Å². The van der Waals surface area contributed by atoms with E-state index in [4.69, 9.17) is 25.5 Å². The lowest BCUT2D eigenvalue weighted by atomic mass is 10.1. The van der Waals surface area contributed by atoms with Crippen molar-refractivity contribution in [1.29, 1.82) is 0 Å². The summed E-state index contributed by atoms with van der Waals surface area (Å²) in [7, 11) is 1.21. The van der Waals surface area contributed by atoms with Crippen LogP contribution in [0.3, 0.4) is 0 Å². The third-order valence-corrected chi connectivity index (χ3v) is 5.52. The highest BCUT2D eigenvalue weighted by molar-refractivity contribution is 6.32. The average Bonchev–Trinajstić information content (AvgIpc) is 3.44. The first-order valence-corrected chi connectivity index (χ1v) is 11.5. The molecule has 1 aliphatic heterocycles. The number of hydrogen-bond acceptors (Lipinski definition) is 7. The van der Waals surface area contributed by atoms with Crippen molar-refractivity contribution < 1.29 is 37.4 Å². The molecule has 0 unspecified atom stereocenters. The molecular weight excluding hydrogens is 507 g/mol. The van der Waals surface area contributed by atoms with Crippen molar-refractivity contribution in [3.63, 3.8) is 0 Å². The van der Waals surface area contributed by atoms with E-state index in [0.717, 1.165) is 4.90 Å². The van der Waals surface area contributed by atoms with Crippen LogP contribution in [0.15, 0.2) is 58.6 Å². The minimum atomic E-state index is -0.672. The van der Waals surface area contributed by atoms with Gasteiger partial charge in [0.1, 0.15) is 23.9 Å². The minimum Gasteiger partial charge on any atom is -0.490 e. The number of imide groups is 1. The quantitative estimate of drug-likeness (QED) is 0.238. The van der Waals surface area contributed by atoms with Gasteiger partial charge in [0, 0.05) is 0 Å². The molecule has 37 heavy (non-hydrogen) atoms. The summed E-state index contributed by atoms with van der Waals surface area (Å²) < 4.78 is 34.9. The third-order valence-electron chi connectivity index (χ3n) is 5.24. The van der Waals surface area contributed by atoms with E-state index < -0.39 is 17.9 Å². The molecule has 11 heteroatoms. The van der Waals surface area contributed by atoms with Crippen LogP contribution in [-0.4, -0.2) is 36.5 Å². The fourth-order valence-electron chi connectivity index (χ4n) is 3.57. The van der Waals surface area contributed by atoms with Crippen LogP contribution >= 0.6 is 11.6 Å². The molecule has 3 aromatic rings. The molecule has 1 N–H and O–H groups in total. The number of rotatable bonds is 9. The van der Waals surface area contributed by atoms with Crippen LogP contribution in [-0.2, 0) is 22.7 Å². The predicted octanol–water partition coefficient (Wildman–Crippen LogP) is 4.93. The highest BCUT2D eigenvalue weighted by Crippen LogP contribution is 2.38. The second-order valence-corrected chi connectivity index (χ2v) is 8.23. The molecule has 2 aromatic carbocycles. The summed E-state index contributed by atoms with van der Waals surface area (Å²) in [5, 5.41) is 2.72. The number of furan rings is 1. The molecule has 0 atom stereocenters. The largest absolute Gasteiger partial charge is 0.490 e. The summed E-state index contributed by atoms with van der Waals surface area (Å²) in [6.45, 7) is 1.98. The van der Waals surface area contributed by atoms with E-state index in [9.17, 15) is 18.8 Å². The van der Waals surface area contributed by atoms with E-state index in [-0.39, 0.29) is 47.0 Å². The van der Waals surface area contributed by atoms with Crippen LogP contribution in [0.25, 0.3) is 6.08 Å². The standard InChI is InChI=1S/C26H22ClFN2O7/c1-3-35-22-12-16(10-19(27)23(22)36-14-15-5-4-6-17(28)9-15)11-20-24(31)30(26(33)29-20)13-18-7-8-21(37-18)25(32)34-2/h4-12H,3,13-14H2,1-2H3,(H,29,33)/b20-11-. The van der Waals surface area contributed by atoms with Gasteiger partial charge in [-0.15, -0.1) is 0 Å². The van der Waals surface area contributed by atoms with Gasteiger partial charge in [0.15, 0.2) is 11.5 Å². The first-order valence-electron chi connectivity index (χ1n) is 11.1. The Hall–Kier alpha value is -4.31. The fourth-order valence-corrected chi connectivity index (χ4v) is 3.84. The first-order chi connectivity index (χ1) is 17.8. The summed E-state index contributed by atoms with van der Waals surface area (Å²) in [4.78, 5) is 37.8. The molecule has 192 valence electrons. The second-order valence-electron chi connectivity index (χ2n) is 7.82. The number of esters is 1. The third kappa shape index (κ3) is 5.92. The average molecular weight is 529 g/mol. The maximum absolute atomic E-state index is 13.5. The van der Waals surface area contributed by atoms with Gasteiger partial charge in [-0.25, -0.2) is 14.0 Å². The summed E-state index contributed by atoms with van der Waals surface area (Å²) in [5.74, 6) is -0.886. The zero-order valence-electron chi connectivity index (χ0n) is 19.9. The van der Waals surface area contributed by atoms with Crippen LogP contribution in [0.5, 0.6) is 11.5 Å². The van der Waals surface area contributed by atoms with Crippen LogP contribution in [0.4, 0.5) is 9.18 Å². The molecule has 1 fully saturated rings. The number of benzene rings is 2. The molecule has 0 spiro atoms. The number of nitrogens with one attached hydrogen (secondary N) is 1. The maximum atomic E-state index is 13.5. The molecule has 0 bridgehead atoms. The number of methoxy groups -OCH3 is 1. The lowest BCUT2D eigenvalue weighted by Gasteiger charge is -2.15. The van der Waals surface area contributed by atoms with Crippen molar-refractivity contribution in [2.45, 2.75) is 20.1 Å². The van der Waals surface area contributed by atoms with Crippen LogP contribution < -0.4 is 14.8 Å². The molecule has 1 saturated heterocycles. The molecule has 9 nitrogen and oxygen atoms in total. The van der Waals surface area contributed by atoms with Crippen molar-refractivity contribution in [2.75, 3.05) is 13.7 Å². The van der Waals surface area contributed by atoms with Gasteiger partial charge >= 0.3 is 12.0 Å². The number of urea groups is 1. The Morgan fingerprint density at radius 1 is 1.16 bits per heavy atom. The number of amides is 3. The molecule has 0 radical (unpaired) electrons. The van der Waals surface area contributed by atoms with E-state index in [0.29, 0.717) is 23.5 Å². The molecular formula is C26H22ClFN2O7. The van der Waals surface area contributed by atoms with Gasteiger partial charge in [0.05, 0.1) is 25.3 Å². The maximum Gasteiger partial charge on any atom is 0.373 e. The Balaban J connectivity index is 1.53.